The largest absolute Gasteiger partial charge is 0.509 e. The molecular formula is C73H65N4OPt-3. The van der Waals surface area contributed by atoms with E-state index in [0.717, 1.165) is 55.9 Å². The maximum absolute atomic E-state index is 6.87. The van der Waals surface area contributed by atoms with Gasteiger partial charge in [0, 0.05) is 77.6 Å². The van der Waals surface area contributed by atoms with E-state index in [1.807, 2.05) is 18.3 Å². The smallest absolute Gasteiger partial charge is 0.135 e. The molecule has 0 bridgehead atoms. The van der Waals surface area contributed by atoms with Gasteiger partial charge in [0.15, 0.2) is 0 Å². The minimum Gasteiger partial charge on any atom is -0.509 e. The summed E-state index contributed by atoms with van der Waals surface area (Å²) in [6.45, 7) is 22.9. The van der Waals surface area contributed by atoms with Crippen molar-refractivity contribution in [3.05, 3.63) is 282 Å². The summed E-state index contributed by atoms with van der Waals surface area (Å²) in [7, 11) is 0. The van der Waals surface area contributed by atoms with Crippen LogP contribution in [-0.2, 0) is 42.7 Å². The Labute approximate surface area is 481 Å². The first kappa shape index (κ1) is 53.0. The SMILES string of the molecule is CC(C)(C)c1ccnc(-n2c3[c-]c(Oc4[c-]c(N5[CH-]N(c6cc(C(C)(C)c7ccccc7)cc(C(C)(C)c7ccccc7)c6)c6ccc(C(C)(C)c7ccccc7)cc65)ccc4)ccc3c3cc(-c4ccccc4)ccc32)c1.[Pt]. The molecule has 1 aliphatic rings. The number of benzene rings is 9. The average molecular weight is 1210 g/mol. The molecule has 0 spiro atoms. The van der Waals surface area contributed by atoms with Crippen molar-refractivity contribution in [1.29, 1.82) is 0 Å². The van der Waals surface area contributed by atoms with Crippen molar-refractivity contribution >= 4 is 44.6 Å². The Morgan fingerprint density at radius 3 is 1.61 bits per heavy atom. The summed E-state index contributed by atoms with van der Waals surface area (Å²) in [5.41, 5.74) is 16.1. The van der Waals surface area contributed by atoms with Crippen molar-refractivity contribution in [2.75, 3.05) is 9.80 Å². The molecule has 396 valence electrons. The van der Waals surface area contributed by atoms with Crippen LogP contribution in [0.3, 0.4) is 0 Å². The standard InChI is InChI=1S/C73H65N4O.Pt/c1-70(2,3)55-39-40-74-69(46-55)77-65-37-33-51(50-23-14-10-15-24-50)41-64(65)63-36-35-62(48-67(63)77)78-61-32-22-31-59(47-61)75-49-76(66-38-34-56(45-68(66)75)71(4,5)52-25-16-11-17-26-52)60-43-57(72(6,7)53-27-18-12-19-28-53)42-58(44-60)73(8,9)54-29-20-13-21-30-54;/h10-46,49H,1-9H3;/q-3;. The summed E-state index contributed by atoms with van der Waals surface area (Å²) in [4.78, 5) is 9.60. The van der Waals surface area contributed by atoms with Gasteiger partial charge in [-0.05, 0) is 103 Å². The van der Waals surface area contributed by atoms with Crippen molar-refractivity contribution < 1.29 is 25.8 Å². The van der Waals surface area contributed by atoms with Crippen LogP contribution in [0.5, 0.6) is 11.5 Å². The van der Waals surface area contributed by atoms with Crippen LogP contribution in [0.4, 0.5) is 22.7 Å². The van der Waals surface area contributed by atoms with Crippen LogP contribution in [0.15, 0.2) is 225 Å². The van der Waals surface area contributed by atoms with Crippen molar-refractivity contribution in [2.24, 2.45) is 0 Å². The first-order valence-electron chi connectivity index (χ1n) is 27.2. The Kier molecular flexibility index (Phi) is 13.9. The molecule has 2 aromatic heterocycles. The predicted octanol–water partition coefficient (Wildman–Crippen LogP) is 18.9. The molecule has 0 N–H and O–H groups in total. The van der Waals surface area contributed by atoms with E-state index >= 15 is 0 Å². The summed E-state index contributed by atoms with van der Waals surface area (Å²) in [6, 6.07) is 86.0. The van der Waals surface area contributed by atoms with Crippen LogP contribution in [0.1, 0.15) is 101 Å². The summed E-state index contributed by atoms with van der Waals surface area (Å²) < 4.78 is 9.10. The summed E-state index contributed by atoms with van der Waals surface area (Å²) in [6.07, 6.45) is 1.92. The molecule has 0 radical (unpaired) electrons. The van der Waals surface area contributed by atoms with E-state index in [2.05, 4.69) is 302 Å². The van der Waals surface area contributed by atoms with Gasteiger partial charge in [0.1, 0.15) is 5.82 Å². The second-order valence-electron chi connectivity index (χ2n) is 23.5. The monoisotopic (exact) mass is 1210 g/mol. The Bertz CT molecular complexity index is 3920. The van der Waals surface area contributed by atoms with Crippen molar-refractivity contribution in [1.82, 2.24) is 9.55 Å². The van der Waals surface area contributed by atoms with Gasteiger partial charge in [-0.15, -0.1) is 48.1 Å². The zero-order chi connectivity index (χ0) is 54.0. The van der Waals surface area contributed by atoms with Gasteiger partial charge in [-0.2, -0.15) is 12.1 Å². The molecule has 9 aromatic carbocycles. The van der Waals surface area contributed by atoms with E-state index in [4.69, 9.17) is 9.72 Å². The number of hydrogen-bond acceptors (Lipinski definition) is 4. The van der Waals surface area contributed by atoms with Crippen molar-refractivity contribution in [3.8, 4) is 28.4 Å². The van der Waals surface area contributed by atoms with Gasteiger partial charge in [0.05, 0.1) is 0 Å². The van der Waals surface area contributed by atoms with E-state index in [-0.39, 0.29) is 42.7 Å². The van der Waals surface area contributed by atoms with Gasteiger partial charge in [-0.25, -0.2) is 4.98 Å². The Balaban J connectivity index is 0.00000660. The number of aromatic nitrogens is 2. The van der Waals surface area contributed by atoms with Gasteiger partial charge < -0.3 is 19.1 Å². The maximum Gasteiger partial charge on any atom is 0.135 e. The van der Waals surface area contributed by atoms with E-state index in [1.54, 1.807) is 0 Å². The molecular weight excluding hydrogens is 1140 g/mol. The number of hydrogen-bond donors (Lipinski definition) is 0. The fourth-order valence-corrected chi connectivity index (χ4v) is 11.3. The molecule has 0 unspecified atom stereocenters. The number of rotatable bonds is 12. The number of pyridine rings is 1. The predicted molar refractivity (Wildman–Crippen MR) is 324 cm³/mol. The van der Waals surface area contributed by atoms with Crippen LogP contribution in [0.25, 0.3) is 38.8 Å². The first-order valence-corrected chi connectivity index (χ1v) is 27.2. The quantitative estimate of drug-likeness (QED) is 0.114. The van der Waals surface area contributed by atoms with Gasteiger partial charge in [0.25, 0.3) is 0 Å². The normalized spacial score (nSPS) is 12.9. The Morgan fingerprint density at radius 1 is 0.418 bits per heavy atom. The van der Waals surface area contributed by atoms with E-state index in [0.29, 0.717) is 11.5 Å². The molecule has 12 rings (SSSR count). The molecule has 0 saturated heterocycles. The molecule has 1 aliphatic heterocycles. The van der Waals surface area contributed by atoms with Crippen LogP contribution in [0.2, 0.25) is 0 Å². The zero-order valence-corrected chi connectivity index (χ0v) is 48.7. The Hall–Kier alpha value is -7.98. The molecule has 6 heteroatoms. The minimum atomic E-state index is -0.295. The molecule has 0 saturated carbocycles. The maximum atomic E-state index is 6.87. The van der Waals surface area contributed by atoms with Crippen LogP contribution in [0, 0.1) is 18.8 Å². The Morgan fingerprint density at radius 2 is 1.00 bits per heavy atom. The molecule has 11 aromatic rings. The van der Waals surface area contributed by atoms with Crippen molar-refractivity contribution in [2.45, 2.75) is 84.0 Å². The van der Waals surface area contributed by atoms with E-state index in [9.17, 15) is 0 Å². The van der Waals surface area contributed by atoms with E-state index in [1.165, 1.54) is 44.5 Å². The first-order chi connectivity index (χ1) is 37.5. The van der Waals surface area contributed by atoms with Crippen LogP contribution >= 0.6 is 0 Å². The van der Waals surface area contributed by atoms with Gasteiger partial charge in [-0.1, -0.05) is 213 Å². The third-order valence-corrected chi connectivity index (χ3v) is 16.4. The summed E-state index contributed by atoms with van der Waals surface area (Å²) in [5.74, 6) is 2.00. The molecule has 0 amide bonds. The molecule has 0 aliphatic carbocycles. The second-order valence-corrected chi connectivity index (χ2v) is 23.5. The third-order valence-electron chi connectivity index (χ3n) is 16.4. The van der Waals surface area contributed by atoms with Gasteiger partial charge in [0.2, 0.25) is 0 Å². The second kappa shape index (κ2) is 20.7. The summed E-state index contributed by atoms with van der Waals surface area (Å²) >= 11 is 0. The van der Waals surface area contributed by atoms with Gasteiger partial charge >= 0.3 is 0 Å². The minimum absolute atomic E-state index is 0. The number of anilines is 4. The fourth-order valence-electron chi connectivity index (χ4n) is 11.3. The fraction of sp³-hybridized carbons (Fsp3) is 0.178. The number of nitrogens with zero attached hydrogens (tertiary/aromatic N) is 4. The average Bonchev–Trinajstić information content (AvgIpc) is 4.26. The van der Waals surface area contributed by atoms with Crippen molar-refractivity contribution in [3.63, 3.8) is 0 Å². The molecule has 0 atom stereocenters. The molecule has 79 heavy (non-hydrogen) atoms. The van der Waals surface area contributed by atoms with Gasteiger partial charge in [-0.3, -0.25) is 0 Å². The zero-order valence-electron chi connectivity index (χ0n) is 46.5. The molecule has 3 heterocycles. The summed E-state index contributed by atoms with van der Waals surface area (Å²) in [5, 5.41) is 2.19. The van der Waals surface area contributed by atoms with Crippen LogP contribution in [-0.4, -0.2) is 9.55 Å². The van der Waals surface area contributed by atoms with Crippen LogP contribution < -0.4 is 14.5 Å². The number of ether oxygens (including phenoxy) is 1. The third kappa shape index (κ3) is 9.89. The van der Waals surface area contributed by atoms with E-state index < -0.39 is 0 Å². The molecule has 0 fully saturated rings. The topological polar surface area (TPSA) is 33.5 Å². The molecule has 5 nitrogen and oxygen atoms in total. The number of fused-ring (bicyclic) bond motifs is 4.